The number of nitrogens with one attached hydrogen (secondary N) is 1. The van der Waals surface area contributed by atoms with Crippen molar-refractivity contribution < 1.29 is 9.32 Å². The number of urea groups is 1. The van der Waals surface area contributed by atoms with Crippen molar-refractivity contribution in [2.24, 2.45) is 0 Å². The summed E-state index contributed by atoms with van der Waals surface area (Å²) in [6.45, 7) is 6.19. The number of anilines is 1. The van der Waals surface area contributed by atoms with Crippen molar-refractivity contribution in [1.29, 1.82) is 0 Å². The molecule has 0 saturated carbocycles. The largest absolute Gasteiger partial charge is 0.339 e. The van der Waals surface area contributed by atoms with Crippen LogP contribution in [0.1, 0.15) is 17.9 Å². The molecule has 156 valence electrons. The third-order valence-electron chi connectivity index (χ3n) is 5.29. The topological polar surface area (TPSA) is 74.5 Å². The van der Waals surface area contributed by atoms with E-state index in [-0.39, 0.29) is 6.03 Å². The van der Waals surface area contributed by atoms with Gasteiger partial charge in [0.15, 0.2) is 0 Å². The Morgan fingerprint density at radius 3 is 2.63 bits per heavy atom. The summed E-state index contributed by atoms with van der Waals surface area (Å²) in [5.41, 5.74) is 2.94. The SMILES string of the molecule is Cc1cccc(NC(=O)N2CCN(CCCc3nc(-c4ccccc4)no3)CC2)c1. The van der Waals surface area contributed by atoms with Gasteiger partial charge in [-0.2, -0.15) is 4.98 Å². The third kappa shape index (κ3) is 5.24. The summed E-state index contributed by atoms with van der Waals surface area (Å²) in [4.78, 5) is 21.2. The van der Waals surface area contributed by atoms with Crippen LogP contribution in [-0.4, -0.2) is 58.7 Å². The van der Waals surface area contributed by atoms with Gasteiger partial charge in [-0.1, -0.05) is 47.6 Å². The van der Waals surface area contributed by atoms with Gasteiger partial charge < -0.3 is 14.7 Å². The lowest BCUT2D eigenvalue weighted by Gasteiger charge is -2.34. The molecule has 2 amide bonds. The lowest BCUT2D eigenvalue weighted by Crippen LogP contribution is -2.50. The number of hydrogen-bond acceptors (Lipinski definition) is 5. The highest BCUT2D eigenvalue weighted by Crippen LogP contribution is 2.16. The summed E-state index contributed by atoms with van der Waals surface area (Å²) >= 11 is 0. The lowest BCUT2D eigenvalue weighted by atomic mass is 10.2. The van der Waals surface area contributed by atoms with Crippen LogP contribution in [0, 0.1) is 6.92 Å². The molecule has 1 aliphatic heterocycles. The molecule has 0 aliphatic carbocycles. The molecule has 1 aliphatic rings. The number of piperazine rings is 1. The number of amides is 2. The molecule has 2 heterocycles. The van der Waals surface area contributed by atoms with Gasteiger partial charge in [0.2, 0.25) is 11.7 Å². The number of carbonyl (C=O) groups is 1. The quantitative estimate of drug-likeness (QED) is 0.675. The Bertz CT molecular complexity index is 964. The fraction of sp³-hybridized carbons (Fsp3) is 0.348. The number of nitrogens with zero attached hydrogens (tertiary/aromatic N) is 4. The highest BCUT2D eigenvalue weighted by molar-refractivity contribution is 5.89. The number of rotatable bonds is 6. The fourth-order valence-corrected chi connectivity index (χ4v) is 3.61. The number of hydrogen-bond donors (Lipinski definition) is 1. The minimum Gasteiger partial charge on any atom is -0.339 e. The van der Waals surface area contributed by atoms with E-state index in [1.165, 1.54) is 0 Å². The minimum atomic E-state index is -0.0282. The smallest absolute Gasteiger partial charge is 0.321 e. The first-order valence-corrected chi connectivity index (χ1v) is 10.4. The van der Waals surface area contributed by atoms with Gasteiger partial charge in [0, 0.05) is 43.9 Å². The van der Waals surface area contributed by atoms with Gasteiger partial charge in [-0.15, -0.1) is 0 Å². The fourth-order valence-electron chi connectivity index (χ4n) is 3.61. The van der Waals surface area contributed by atoms with E-state index in [1.807, 2.05) is 66.4 Å². The van der Waals surface area contributed by atoms with Gasteiger partial charge in [0.05, 0.1) is 0 Å². The van der Waals surface area contributed by atoms with Gasteiger partial charge in [0.25, 0.3) is 0 Å². The molecule has 1 fully saturated rings. The Kier molecular flexibility index (Phi) is 6.39. The predicted molar refractivity (Wildman–Crippen MR) is 116 cm³/mol. The molecule has 0 radical (unpaired) electrons. The molecule has 1 N–H and O–H groups in total. The van der Waals surface area contributed by atoms with Gasteiger partial charge in [-0.25, -0.2) is 4.79 Å². The second kappa shape index (κ2) is 9.54. The molecular weight excluding hydrogens is 378 g/mol. The summed E-state index contributed by atoms with van der Waals surface area (Å²) in [6, 6.07) is 17.7. The molecule has 1 aromatic heterocycles. The molecule has 4 rings (SSSR count). The maximum absolute atomic E-state index is 12.5. The third-order valence-corrected chi connectivity index (χ3v) is 5.29. The number of benzene rings is 2. The summed E-state index contributed by atoms with van der Waals surface area (Å²) in [5, 5.41) is 7.06. The van der Waals surface area contributed by atoms with Gasteiger partial charge in [-0.3, -0.25) is 4.90 Å². The molecule has 0 atom stereocenters. The van der Waals surface area contributed by atoms with Crippen LogP contribution in [0.5, 0.6) is 0 Å². The van der Waals surface area contributed by atoms with Gasteiger partial charge in [-0.05, 0) is 37.6 Å². The molecular formula is C23H27N5O2. The van der Waals surface area contributed by atoms with Crippen LogP contribution < -0.4 is 5.32 Å². The molecule has 1 saturated heterocycles. The maximum Gasteiger partial charge on any atom is 0.321 e. The van der Waals surface area contributed by atoms with Gasteiger partial charge >= 0.3 is 6.03 Å². The summed E-state index contributed by atoms with van der Waals surface area (Å²) < 4.78 is 5.38. The first-order valence-electron chi connectivity index (χ1n) is 10.4. The molecule has 0 spiro atoms. The second-order valence-electron chi connectivity index (χ2n) is 7.61. The van der Waals surface area contributed by atoms with Crippen molar-refractivity contribution in [1.82, 2.24) is 19.9 Å². The van der Waals surface area contributed by atoms with Gasteiger partial charge in [0.1, 0.15) is 0 Å². The van der Waals surface area contributed by atoms with E-state index in [0.717, 1.165) is 62.4 Å². The highest BCUT2D eigenvalue weighted by atomic mass is 16.5. The number of aryl methyl sites for hydroxylation is 2. The van der Waals surface area contributed by atoms with Crippen molar-refractivity contribution in [2.45, 2.75) is 19.8 Å². The molecule has 7 nitrogen and oxygen atoms in total. The van der Waals surface area contributed by atoms with Crippen molar-refractivity contribution in [2.75, 3.05) is 38.0 Å². The number of carbonyl (C=O) groups excluding carboxylic acids is 1. The van der Waals surface area contributed by atoms with E-state index in [4.69, 9.17) is 4.52 Å². The monoisotopic (exact) mass is 405 g/mol. The Morgan fingerprint density at radius 1 is 1.07 bits per heavy atom. The molecule has 30 heavy (non-hydrogen) atoms. The average Bonchev–Trinajstić information content (AvgIpc) is 3.24. The Morgan fingerprint density at radius 2 is 1.87 bits per heavy atom. The second-order valence-corrected chi connectivity index (χ2v) is 7.61. The summed E-state index contributed by atoms with van der Waals surface area (Å²) in [6.07, 6.45) is 1.71. The first kappa shape index (κ1) is 20.1. The first-order chi connectivity index (χ1) is 14.7. The Balaban J connectivity index is 1.18. The van der Waals surface area contributed by atoms with Crippen LogP contribution in [0.4, 0.5) is 10.5 Å². The zero-order chi connectivity index (χ0) is 20.8. The standard InChI is InChI=1S/C23H27N5O2/c1-18-7-5-10-20(17-18)24-23(29)28-15-13-27(14-16-28)12-6-11-21-25-22(26-30-21)19-8-3-2-4-9-19/h2-5,7-10,17H,6,11-16H2,1H3,(H,24,29). The minimum absolute atomic E-state index is 0.0282. The summed E-state index contributed by atoms with van der Waals surface area (Å²) in [7, 11) is 0. The van der Waals surface area contributed by atoms with Crippen LogP contribution in [0.15, 0.2) is 59.1 Å². The number of aromatic nitrogens is 2. The molecule has 2 aromatic carbocycles. The summed E-state index contributed by atoms with van der Waals surface area (Å²) in [5.74, 6) is 1.31. The van der Waals surface area contributed by atoms with E-state index < -0.39 is 0 Å². The van der Waals surface area contributed by atoms with Crippen molar-refractivity contribution in [3.05, 3.63) is 66.1 Å². The zero-order valence-corrected chi connectivity index (χ0v) is 17.3. The normalized spacial score (nSPS) is 14.6. The molecule has 0 bridgehead atoms. The molecule has 3 aromatic rings. The van der Waals surface area contributed by atoms with Crippen molar-refractivity contribution in [3.63, 3.8) is 0 Å². The van der Waals surface area contributed by atoms with Crippen LogP contribution in [-0.2, 0) is 6.42 Å². The lowest BCUT2D eigenvalue weighted by molar-refractivity contribution is 0.146. The van der Waals surface area contributed by atoms with Crippen LogP contribution in [0.2, 0.25) is 0 Å². The molecule has 0 unspecified atom stereocenters. The highest BCUT2D eigenvalue weighted by Gasteiger charge is 2.21. The van der Waals surface area contributed by atoms with E-state index in [9.17, 15) is 4.79 Å². The Labute approximate surface area is 176 Å². The van der Waals surface area contributed by atoms with Crippen molar-refractivity contribution >= 4 is 11.7 Å². The van der Waals surface area contributed by atoms with Crippen LogP contribution >= 0.6 is 0 Å². The van der Waals surface area contributed by atoms with Crippen LogP contribution in [0.25, 0.3) is 11.4 Å². The average molecular weight is 406 g/mol. The van der Waals surface area contributed by atoms with E-state index >= 15 is 0 Å². The van der Waals surface area contributed by atoms with Crippen LogP contribution in [0.3, 0.4) is 0 Å². The van der Waals surface area contributed by atoms with E-state index in [2.05, 4.69) is 20.4 Å². The zero-order valence-electron chi connectivity index (χ0n) is 17.3. The maximum atomic E-state index is 12.5. The van der Waals surface area contributed by atoms with E-state index in [0.29, 0.717) is 11.7 Å². The van der Waals surface area contributed by atoms with E-state index in [1.54, 1.807) is 0 Å². The van der Waals surface area contributed by atoms with Crippen molar-refractivity contribution in [3.8, 4) is 11.4 Å². The predicted octanol–water partition coefficient (Wildman–Crippen LogP) is 3.83. The Hall–Kier alpha value is -3.19. The molecule has 7 heteroatoms.